The van der Waals surface area contributed by atoms with E-state index in [1.165, 1.54) is 5.57 Å². The molecular formula is C9H15NO2. The maximum absolute atomic E-state index is 10.6. The average Bonchev–Trinajstić information content (AvgIpc) is 2.03. The second-order valence-electron chi connectivity index (χ2n) is 3.32. The van der Waals surface area contributed by atoms with Crippen molar-refractivity contribution in [2.75, 3.05) is 13.1 Å². The molecule has 0 saturated heterocycles. The quantitative estimate of drug-likeness (QED) is 0.629. The molecule has 0 fully saturated rings. The van der Waals surface area contributed by atoms with Crippen LogP contribution in [-0.4, -0.2) is 35.1 Å². The van der Waals surface area contributed by atoms with Crippen LogP contribution in [0.3, 0.4) is 0 Å². The summed E-state index contributed by atoms with van der Waals surface area (Å²) in [6, 6.07) is -0.353. The van der Waals surface area contributed by atoms with Crippen molar-refractivity contribution >= 4 is 5.97 Å². The van der Waals surface area contributed by atoms with E-state index in [2.05, 4.69) is 6.08 Å². The zero-order valence-corrected chi connectivity index (χ0v) is 7.58. The average molecular weight is 169 g/mol. The first kappa shape index (κ1) is 9.26. The SMILES string of the molecule is CC1=CCCN(C(C)C(=O)O)C1. The van der Waals surface area contributed by atoms with Crippen LogP contribution in [0.25, 0.3) is 0 Å². The first-order valence-electron chi connectivity index (χ1n) is 4.23. The summed E-state index contributed by atoms with van der Waals surface area (Å²) in [4.78, 5) is 12.6. The molecule has 1 unspecified atom stereocenters. The van der Waals surface area contributed by atoms with Crippen molar-refractivity contribution in [2.24, 2.45) is 0 Å². The molecule has 0 radical (unpaired) electrons. The van der Waals surface area contributed by atoms with E-state index in [4.69, 9.17) is 5.11 Å². The minimum atomic E-state index is -0.732. The van der Waals surface area contributed by atoms with Gasteiger partial charge in [0.15, 0.2) is 0 Å². The zero-order chi connectivity index (χ0) is 9.14. The Morgan fingerprint density at radius 1 is 1.75 bits per heavy atom. The number of rotatable bonds is 2. The normalized spacial score (nSPS) is 21.7. The Hall–Kier alpha value is -0.830. The molecule has 0 aromatic rings. The molecule has 0 bridgehead atoms. The lowest BCUT2D eigenvalue weighted by molar-refractivity contribution is -0.142. The smallest absolute Gasteiger partial charge is 0.320 e. The predicted molar refractivity (Wildman–Crippen MR) is 47.0 cm³/mol. The molecule has 0 aromatic carbocycles. The van der Waals surface area contributed by atoms with Crippen molar-refractivity contribution in [3.05, 3.63) is 11.6 Å². The maximum atomic E-state index is 10.6. The van der Waals surface area contributed by atoms with Crippen LogP contribution in [0.5, 0.6) is 0 Å². The van der Waals surface area contributed by atoms with Crippen molar-refractivity contribution in [3.63, 3.8) is 0 Å². The molecule has 3 heteroatoms. The van der Waals surface area contributed by atoms with Crippen molar-refractivity contribution in [2.45, 2.75) is 26.3 Å². The summed E-state index contributed by atoms with van der Waals surface area (Å²) >= 11 is 0. The van der Waals surface area contributed by atoms with E-state index in [-0.39, 0.29) is 6.04 Å². The Morgan fingerprint density at radius 3 is 2.92 bits per heavy atom. The van der Waals surface area contributed by atoms with E-state index in [1.54, 1.807) is 6.92 Å². The molecular weight excluding hydrogens is 154 g/mol. The highest BCUT2D eigenvalue weighted by atomic mass is 16.4. The third-order valence-electron chi connectivity index (χ3n) is 2.27. The monoisotopic (exact) mass is 169 g/mol. The highest BCUT2D eigenvalue weighted by Crippen LogP contribution is 2.11. The van der Waals surface area contributed by atoms with Gasteiger partial charge in [-0.3, -0.25) is 9.69 Å². The van der Waals surface area contributed by atoms with Crippen molar-refractivity contribution in [1.29, 1.82) is 0 Å². The van der Waals surface area contributed by atoms with Gasteiger partial charge in [0.1, 0.15) is 6.04 Å². The van der Waals surface area contributed by atoms with Crippen LogP contribution in [0.4, 0.5) is 0 Å². The maximum Gasteiger partial charge on any atom is 0.320 e. The van der Waals surface area contributed by atoms with Gasteiger partial charge >= 0.3 is 5.97 Å². The number of hydrogen-bond acceptors (Lipinski definition) is 2. The van der Waals surface area contributed by atoms with E-state index in [0.717, 1.165) is 19.5 Å². The summed E-state index contributed by atoms with van der Waals surface area (Å²) in [5, 5.41) is 8.76. The summed E-state index contributed by atoms with van der Waals surface area (Å²) < 4.78 is 0. The molecule has 0 amide bonds. The molecule has 1 N–H and O–H groups in total. The molecule has 0 aliphatic carbocycles. The van der Waals surface area contributed by atoms with Crippen LogP contribution >= 0.6 is 0 Å². The van der Waals surface area contributed by atoms with E-state index in [9.17, 15) is 4.79 Å². The van der Waals surface area contributed by atoms with Gasteiger partial charge in [-0.1, -0.05) is 11.6 Å². The summed E-state index contributed by atoms with van der Waals surface area (Å²) in [5.74, 6) is -0.732. The lowest BCUT2D eigenvalue weighted by Gasteiger charge is -2.29. The highest BCUT2D eigenvalue weighted by molar-refractivity contribution is 5.72. The van der Waals surface area contributed by atoms with Crippen molar-refractivity contribution in [3.8, 4) is 0 Å². The van der Waals surface area contributed by atoms with Crippen LogP contribution < -0.4 is 0 Å². The molecule has 1 aliphatic heterocycles. The molecule has 0 saturated carbocycles. The molecule has 1 aliphatic rings. The van der Waals surface area contributed by atoms with Crippen LogP contribution in [-0.2, 0) is 4.79 Å². The second-order valence-corrected chi connectivity index (χ2v) is 3.32. The number of carboxylic acid groups (broad SMARTS) is 1. The van der Waals surface area contributed by atoms with Crippen LogP contribution in [0.1, 0.15) is 20.3 Å². The Morgan fingerprint density at radius 2 is 2.42 bits per heavy atom. The van der Waals surface area contributed by atoms with Gasteiger partial charge in [0, 0.05) is 13.1 Å². The lowest BCUT2D eigenvalue weighted by Crippen LogP contribution is -2.41. The molecule has 1 rings (SSSR count). The van der Waals surface area contributed by atoms with Crippen LogP contribution in [0.2, 0.25) is 0 Å². The van der Waals surface area contributed by atoms with E-state index < -0.39 is 5.97 Å². The third kappa shape index (κ3) is 2.08. The highest BCUT2D eigenvalue weighted by Gasteiger charge is 2.21. The molecule has 3 nitrogen and oxygen atoms in total. The van der Waals surface area contributed by atoms with Gasteiger partial charge in [0.25, 0.3) is 0 Å². The summed E-state index contributed by atoms with van der Waals surface area (Å²) in [5.41, 5.74) is 1.27. The minimum Gasteiger partial charge on any atom is -0.480 e. The predicted octanol–water partition coefficient (Wildman–Crippen LogP) is 1.11. The molecule has 12 heavy (non-hydrogen) atoms. The van der Waals surface area contributed by atoms with Gasteiger partial charge < -0.3 is 5.11 Å². The Bertz CT molecular complexity index is 211. The summed E-state index contributed by atoms with van der Waals surface area (Å²) in [6.07, 6.45) is 3.15. The first-order chi connectivity index (χ1) is 5.61. The number of carbonyl (C=O) groups is 1. The standard InChI is InChI=1S/C9H15NO2/c1-7-4-3-5-10(6-7)8(2)9(11)12/h4,8H,3,5-6H2,1-2H3,(H,11,12). The van der Waals surface area contributed by atoms with Crippen molar-refractivity contribution < 1.29 is 9.90 Å². The van der Waals surface area contributed by atoms with Gasteiger partial charge in [-0.05, 0) is 20.3 Å². The van der Waals surface area contributed by atoms with E-state index >= 15 is 0 Å². The van der Waals surface area contributed by atoms with Crippen LogP contribution in [0, 0.1) is 0 Å². The fraction of sp³-hybridized carbons (Fsp3) is 0.667. The Kier molecular flexibility index (Phi) is 2.87. The number of carboxylic acids is 1. The summed E-state index contributed by atoms with van der Waals surface area (Å²) in [6.45, 7) is 5.44. The molecule has 0 spiro atoms. The number of nitrogens with zero attached hydrogens (tertiary/aromatic N) is 1. The number of hydrogen-bond donors (Lipinski definition) is 1. The lowest BCUT2D eigenvalue weighted by atomic mass is 10.1. The molecule has 1 heterocycles. The van der Waals surface area contributed by atoms with Gasteiger partial charge in [0.2, 0.25) is 0 Å². The Balaban J connectivity index is 2.54. The van der Waals surface area contributed by atoms with Gasteiger partial charge in [0.05, 0.1) is 0 Å². The summed E-state index contributed by atoms with van der Waals surface area (Å²) in [7, 11) is 0. The fourth-order valence-corrected chi connectivity index (χ4v) is 1.43. The third-order valence-corrected chi connectivity index (χ3v) is 2.27. The minimum absolute atomic E-state index is 0.353. The largest absolute Gasteiger partial charge is 0.480 e. The molecule has 1 atom stereocenters. The molecule has 68 valence electrons. The first-order valence-corrected chi connectivity index (χ1v) is 4.23. The van der Waals surface area contributed by atoms with Crippen LogP contribution in [0.15, 0.2) is 11.6 Å². The zero-order valence-electron chi connectivity index (χ0n) is 7.58. The van der Waals surface area contributed by atoms with Crippen molar-refractivity contribution in [1.82, 2.24) is 4.90 Å². The topological polar surface area (TPSA) is 40.5 Å². The Labute approximate surface area is 72.7 Å². The fourth-order valence-electron chi connectivity index (χ4n) is 1.43. The second kappa shape index (κ2) is 3.72. The number of aliphatic carboxylic acids is 1. The van der Waals surface area contributed by atoms with Gasteiger partial charge in [-0.2, -0.15) is 0 Å². The van der Waals surface area contributed by atoms with Gasteiger partial charge in [-0.15, -0.1) is 0 Å². The molecule has 0 aromatic heterocycles. The van der Waals surface area contributed by atoms with E-state index in [1.807, 2.05) is 11.8 Å². The van der Waals surface area contributed by atoms with Gasteiger partial charge in [-0.25, -0.2) is 0 Å². The van der Waals surface area contributed by atoms with E-state index in [0.29, 0.717) is 0 Å².